The minimum Gasteiger partial charge on any atom is -0.378 e. The lowest BCUT2D eigenvalue weighted by Gasteiger charge is -2.14. The minimum absolute atomic E-state index is 0.0620. The van der Waals surface area contributed by atoms with Crippen molar-refractivity contribution in [1.82, 2.24) is 9.55 Å². The number of anilines is 2. The van der Waals surface area contributed by atoms with Gasteiger partial charge in [0, 0.05) is 75.4 Å². The molecule has 0 aliphatic carbocycles. The van der Waals surface area contributed by atoms with E-state index in [9.17, 15) is 10.1 Å². The van der Waals surface area contributed by atoms with E-state index >= 15 is 0 Å². The zero-order valence-electron chi connectivity index (χ0n) is 19.5. The van der Waals surface area contributed by atoms with Crippen LogP contribution in [0.5, 0.6) is 0 Å². The maximum Gasteiger partial charge on any atom is 0.269 e. The number of hydrogen-bond acceptors (Lipinski definition) is 5. The summed E-state index contributed by atoms with van der Waals surface area (Å²) in [5.41, 5.74) is 7.04. The normalized spacial score (nSPS) is 10.8. The zero-order valence-corrected chi connectivity index (χ0v) is 19.5. The number of nitro groups is 1. The van der Waals surface area contributed by atoms with Crippen molar-refractivity contribution >= 4 is 17.1 Å². The summed E-state index contributed by atoms with van der Waals surface area (Å²) in [6, 6.07) is 23.2. The van der Waals surface area contributed by atoms with Gasteiger partial charge in [-0.2, -0.15) is 0 Å². The Morgan fingerprint density at radius 3 is 1.64 bits per heavy atom. The highest BCUT2D eigenvalue weighted by atomic mass is 16.6. The van der Waals surface area contributed by atoms with Crippen molar-refractivity contribution in [2.24, 2.45) is 7.05 Å². The SMILES string of the molecule is CN(C)c1ccc(-c2nc(-c3ccc([N+](=O)[O-])cc3)n(C)c2-c2ccc(N(C)C)cc2)cc1. The first kappa shape index (κ1) is 22.1. The topological polar surface area (TPSA) is 67.4 Å². The van der Waals surface area contributed by atoms with Gasteiger partial charge >= 0.3 is 0 Å². The number of hydrogen-bond donors (Lipinski definition) is 0. The molecule has 0 aliphatic rings. The summed E-state index contributed by atoms with van der Waals surface area (Å²) in [4.78, 5) is 19.8. The van der Waals surface area contributed by atoms with Gasteiger partial charge in [-0.1, -0.05) is 24.3 Å². The van der Waals surface area contributed by atoms with Crippen molar-refractivity contribution in [3.05, 3.63) is 82.9 Å². The number of nitrogens with zero attached hydrogens (tertiary/aromatic N) is 5. The second kappa shape index (κ2) is 8.78. The molecule has 1 aromatic heterocycles. The van der Waals surface area contributed by atoms with Gasteiger partial charge in [-0.05, 0) is 36.4 Å². The Morgan fingerprint density at radius 2 is 1.18 bits per heavy atom. The van der Waals surface area contributed by atoms with Crippen LogP contribution in [0.25, 0.3) is 33.9 Å². The smallest absolute Gasteiger partial charge is 0.269 e. The third-order valence-electron chi connectivity index (χ3n) is 5.75. The Morgan fingerprint density at radius 1 is 0.727 bits per heavy atom. The van der Waals surface area contributed by atoms with Gasteiger partial charge in [-0.25, -0.2) is 4.98 Å². The quantitative estimate of drug-likeness (QED) is 0.294. The summed E-state index contributed by atoms with van der Waals surface area (Å²) < 4.78 is 2.06. The summed E-state index contributed by atoms with van der Waals surface area (Å²) >= 11 is 0. The van der Waals surface area contributed by atoms with E-state index in [1.165, 1.54) is 12.1 Å². The molecule has 1 heterocycles. The molecule has 0 N–H and O–H groups in total. The van der Waals surface area contributed by atoms with Gasteiger partial charge in [0.1, 0.15) is 5.82 Å². The van der Waals surface area contributed by atoms with Crippen LogP contribution in [-0.4, -0.2) is 42.7 Å². The molecule has 0 bridgehead atoms. The van der Waals surface area contributed by atoms with Crippen LogP contribution >= 0.6 is 0 Å². The third kappa shape index (κ3) is 4.30. The van der Waals surface area contributed by atoms with E-state index in [0.29, 0.717) is 0 Å². The number of imidazole rings is 1. The summed E-state index contributed by atoms with van der Waals surface area (Å²) in [5.74, 6) is 0.753. The van der Waals surface area contributed by atoms with Crippen molar-refractivity contribution in [3.8, 4) is 33.9 Å². The predicted molar refractivity (Wildman–Crippen MR) is 135 cm³/mol. The van der Waals surface area contributed by atoms with Gasteiger partial charge in [-0.15, -0.1) is 0 Å². The van der Waals surface area contributed by atoms with Gasteiger partial charge in [-0.3, -0.25) is 10.1 Å². The lowest BCUT2D eigenvalue weighted by Crippen LogP contribution is -2.08. The Kier molecular flexibility index (Phi) is 5.87. The van der Waals surface area contributed by atoms with Crippen molar-refractivity contribution in [2.75, 3.05) is 38.0 Å². The molecular weight excluding hydrogens is 414 g/mol. The molecule has 0 radical (unpaired) electrons. The molecule has 33 heavy (non-hydrogen) atoms. The Bertz CT molecular complexity index is 1270. The van der Waals surface area contributed by atoms with E-state index in [1.54, 1.807) is 12.1 Å². The molecule has 3 aromatic carbocycles. The largest absolute Gasteiger partial charge is 0.378 e. The van der Waals surface area contributed by atoms with Crippen LogP contribution in [0.15, 0.2) is 72.8 Å². The van der Waals surface area contributed by atoms with Crippen molar-refractivity contribution in [1.29, 1.82) is 0 Å². The van der Waals surface area contributed by atoms with Crippen molar-refractivity contribution in [3.63, 3.8) is 0 Å². The van der Waals surface area contributed by atoms with Gasteiger partial charge in [0.15, 0.2) is 0 Å². The molecule has 0 aliphatic heterocycles. The Hall–Kier alpha value is -4.13. The highest BCUT2D eigenvalue weighted by molar-refractivity contribution is 5.83. The summed E-state index contributed by atoms with van der Waals surface area (Å²) in [6.45, 7) is 0. The summed E-state index contributed by atoms with van der Waals surface area (Å²) in [6.07, 6.45) is 0. The molecular formula is C26H27N5O2. The molecule has 0 amide bonds. The standard InChI is InChI=1S/C26H27N5O2/c1-28(2)21-12-6-18(7-13-21)24-25(19-8-14-22(15-9-19)29(3)4)30(5)26(27-24)20-10-16-23(17-11-20)31(32)33/h6-17H,1-5H3. The van der Waals surface area contributed by atoms with E-state index < -0.39 is 4.92 Å². The number of rotatable bonds is 6. The molecule has 0 fully saturated rings. The first-order valence-electron chi connectivity index (χ1n) is 10.6. The first-order chi connectivity index (χ1) is 15.8. The fraction of sp³-hybridized carbons (Fsp3) is 0.192. The number of non-ortho nitro benzene ring substituents is 1. The van der Waals surface area contributed by atoms with E-state index in [0.717, 1.165) is 45.3 Å². The number of aromatic nitrogens is 2. The second-order valence-electron chi connectivity index (χ2n) is 8.38. The van der Waals surface area contributed by atoms with Gasteiger partial charge in [0.05, 0.1) is 16.3 Å². The first-order valence-corrected chi connectivity index (χ1v) is 10.6. The molecule has 0 saturated heterocycles. The maximum atomic E-state index is 11.1. The van der Waals surface area contributed by atoms with Crippen LogP contribution in [0.4, 0.5) is 17.1 Å². The Labute approximate surface area is 193 Å². The van der Waals surface area contributed by atoms with Crippen LogP contribution in [-0.2, 0) is 7.05 Å². The van der Waals surface area contributed by atoms with E-state index in [4.69, 9.17) is 4.98 Å². The van der Waals surface area contributed by atoms with E-state index in [-0.39, 0.29) is 5.69 Å². The van der Waals surface area contributed by atoms with Gasteiger partial charge in [0.25, 0.3) is 5.69 Å². The highest BCUT2D eigenvalue weighted by Crippen LogP contribution is 2.37. The van der Waals surface area contributed by atoms with E-state index in [1.807, 2.05) is 35.2 Å². The number of benzene rings is 3. The van der Waals surface area contributed by atoms with Gasteiger partial charge in [0.2, 0.25) is 0 Å². The average molecular weight is 442 g/mol. The molecule has 0 spiro atoms. The van der Waals surface area contributed by atoms with Crippen LogP contribution < -0.4 is 9.80 Å². The molecule has 168 valence electrons. The number of nitro benzene ring substituents is 1. The molecule has 0 saturated carbocycles. The van der Waals surface area contributed by atoms with Crippen molar-refractivity contribution in [2.45, 2.75) is 0 Å². The second-order valence-corrected chi connectivity index (χ2v) is 8.38. The third-order valence-corrected chi connectivity index (χ3v) is 5.75. The molecule has 0 unspecified atom stereocenters. The molecule has 7 nitrogen and oxygen atoms in total. The van der Waals surface area contributed by atoms with Crippen LogP contribution in [0.2, 0.25) is 0 Å². The van der Waals surface area contributed by atoms with Crippen LogP contribution in [0.1, 0.15) is 0 Å². The van der Waals surface area contributed by atoms with Crippen LogP contribution in [0, 0.1) is 10.1 Å². The molecule has 7 heteroatoms. The Balaban J connectivity index is 1.88. The van der Waals surface area contributed by atoms with Gasteiger partial charge < -0.3 is 14.4 Å². The lowest BCUT2D eigenvalue weighted by molar-refractivity contribution is -0.384. The summed E-state index contributed by atoms with van der Waals surface area (Å²) in [7, 11) is 10.0. The molecule has 0 atom stereocenters. The van der Waals surface area contributed by atoms with Crippen LogP contribution in [0.3, 0.4) is 0 Å². The summed E-state index contributed by atoms with van der Waals surface area (Å²) in [5, 5.41) is 11.1. The minimum atomic E-state index is -0.391. The fourth-order valence-electron chi connectivity index (χ4n) is 3.86. The highest BCUT2D eigenvalue weighted by Gasteiger charge is 2.20. The zero-order chi connectivity index (χ0) is 23.7. The molecule has 4 aromatic rings. The van der Waals surface area contributed by atoms with E-state index in [2.05, 4.69) is 62.9 Å². The average Bonchev–Trinajstić information content (AvgIpc) is 3.16. The van der Waals surface area contributed by atoms with Crippen molar-refractivity contribution < 1.29 is 4.92 Å². The molecule has 4 rings (SSSR count). The lowest BCUT2D eigenvalue weighted by atomic mass is 10.0. The predicted octanol–water partition coefficient (Wildman–Crippen LogP) is 5.46. The maximum absolute atomic E-state index is 11.1. The fourth-order valence-corrected chi connectivity index (χ4v) is 3.86. The monoisotopic (exact) mass is 441 g/mol.